The van der Waals surface area contributed by atoms with Crippen LogP contribution in [0.2, 0.25) is 0 Å². The van der Waals surface area contributed by atoms with Crippen LogP contribution in [0.3, 0.4) is 0 Å². The summed E-state index contributed by atoms with van der Waals surface area (Å²) >= 11 is 0. The van der Waals surface area contributed by atoms with E-state index in [1.807, 2.05) is 62.4 Å². The molecule has 22 heavy (non-hydrogen) atoms. The Hall–Kier alpha value is -2.42. The fourth-order valence-corrected chi connectivity index (χ4v) is 2.08. The van der Waals surface area contributed by atoms with E-state index < -0.39 is 0 Å². The topological polar surface area (TPSA) is 41.5 Å². The summed E-state index contributed by atoms with van der Waals surface area (Å²) < 4.78 is 0. The number of benzene rings is 2. The van der Waals surface area contributed by atoms with Gasteiger partial charge in [-0.25, -0.2) is 5.43 Å². The van der Waals surface area contributed by atoms with Crippen LogP contribution in [0.1, 0.15) is 53.7 Å². The molecule has 1 N–H and O–H groups in total. The van der Waals surface area contributed by atoms with Crippen molar-refractivity contribution in [2.24, 2.45) is 5.10 Å². The molecule has 1 amide bonds. The first-order valence-electron chi connectivity index (χ1n) is 7.49. The van der Waals surface area contributed by atoms with Crippen LogP contribution in [0.4, 0.5) is 0 Å². The summed E-state index contributed by atoms with van der Waals surface area (Å²) in [6.45, 7) is 8.18. The molecular weight excluding hydrogens is 272 g/mol. The summed E-state index contributed by atoms with van der Waals surface area (Å²) in [5.41, 5.74) is 7.43. The average molecular weight is 294 g/mol. The molecule has 0 unspecified atom stereocenters. The maximum atomic E-state index is 12.1. The zero-order valence-corrected chi connectivity index (χ0v) is 13.6. The Labute approximate surface area is 132 Å². The largest absolute Gasteiger partial charge is 0.271 e. The summed E-state index contributed by atoms with van der Waals surface area (Å²) in [6.07, 6.45) is 0. The maximum Gasteiger partial charge on any atom is 0.271 e. The third-order valence-electron chi connectivity index (χ3n) is 3.63. The lowest BCUT2D eigenvalue weighted by atomic mass is 10.0. The van der Waals surface area contributed by atoms with Crippen LogP contribution >= 0.6 is 0 Å². The Balaban J connectivity index is 2.05. The number of carbonyl (C=O) groups excluding carboxylic acids is 1. The fourth-order valence-electron chi connectivity index (χ4n) is 2.08. The van der Waals surface area contributed by atoms with E-state index in [-0.39, 0.29) is 5.91 Å². The second-order valence-corrected chi connectivity index (χ2v) is 5.78. The molecule has 2 aromatic rings. The van der Waals surface area contributed by atoms with Crippen LogP contribution < -0.4 is 5.43 Å². The minimum Gasteiger partial charge on any atom is -0.267 e. The van der Waals surface area contributed by atoms with Crippen molar-refractivity contribution in [2.75, 3.05) is 0 Å². The van der Waals surface area contributed by atoms with E-state index in [4.69, 9.17) is 0 Å². The summed E-state index contributed by atoms with van der Waals surface area (Å²) in [5.74, 6) is 0.265. The number of hydrogen-bond acceptors (Lipinski definition) is 2. The first kappa shape index (κ1) is 16.0. The molecule has 0 aliphatic rings. The number of nitrogens with one attached hydrogen (secondary N) is 1. The van der Waals surface area contributed by atoms with Crippen molar-refractivity contribution in [3.8, 4) is 0 Å². The molecule has 0 saturated carbocycles. The van der Waals surface area contributed by atoms with Crippen molar-refractivity contribution in [1.29, 1.82) is 0 Å². The summed E-state index contributed by atoms with van der Waals surface area (Å²) in [7, 11) is 0. The molecular formula is C19H22N2O. The van der Waals surface area contributed by atoms with Gasteiger partial charge >= 0.3 is 0 Å². The highest BCUT2D eigenvalue weighted by Crippen LogP contribution is 2.14. The van der Waals surface area contributed by atoms with E-state index in [0.29, 0.717) is 11.5 Å². The van der Waals surface area contributed by atoms with Gasteiger partial charge in [0.15, 0.2) is 0 Å². The summed E-state index contributed by atoms with van der Waals surface area (Å²) in [4.78, 5) is 12.1. The first-order chi connectivity index (χ1) is 10.5. The van der Waals surface area contributed by atoms with Gasteiger partial charge in [0, 0.05) is 5.56 Å². The van der Waals surface area contributed by atoms with Crippen LogP contribution in [0.5, 0.6) is 0 Å². The molecule has 0 aromatic heterocycles. The molecule has 0 heterocycles. The number of nitrogens with zero attached hydrogens (tertiary/aromatic N) is 1. The molecule has 0 spiro atoms. The number of carbonyl (C=O) groups is 1. The van der Waals surface area contributed by atoms with Crippen LogP contribution in [-0.4, -0.2) is 11.6 Å². The molecule has 0 fully saturated rings. The average Bonchev–Trinajstić information content (AvgIpc) is 2.53. The molecule has 2 aromatic carbocycles. The Kier molecular flexibility index (Phi) is 5.10. The van der Waals surface area contributed by atoms with Crippen molar-refractivity contribution >= 4 is 11.6 Å². The Morgan fingerprint density at radius 2 is 1.50 bits per heavy atom. The smallest absolute Gasteiger partial charge is 0.267 e. The standard InChI is InChI=1S/C19H22N2O/c1-13(2)16-9-11-18(12-10-16)19(22)21-20-15(4)17-7-5-14(3)6-8-17/h5-13H,1-4H3,(H,21,22). The minimum absolute atomic E-state index is 0.193. The van der Waals surface area contributed by atoms with Crippen molar-refractivity contribution in [1.82, 2.24) is 5.43 Å². The van der Waals surface area contributed by atoms with Gasteiger partial charge in [-0.15, -0.1) is 0 Å². The SMILES string of the molecule is CC(=NNC(=O)c1ccc(C(C)C)cc1)c1ccc(C)cc1. The number of aryl methyl sites for hydroxylation is 1. The molecule has 0 atom stereocenters. The molecule has 0 saturated heterocycles. The fraction of sp³-hybridized carbons (Fsp3) is 0.263. The van der Waals surface area contributed by atoms with Gasteiger partial charge in [0.05, 0.1) is 5.71 Å². The van der Waals surface area contributed by atoms with Crippen LogP contribution in [-0.2, 0) is 0 Å². The van der Waals surface area contributed by atoms with Crippen LogP contribution in [0, 0.1) is 6.92 Å². The normalized spacial score (nSPS) is 11.6. The number of amides is 1. The highest BCUT2D eigenvalue weighted by atomic mass is 16.2. The van der Waals surface area contributed by atoms with Gasteiger partial charge in [-0.1, -0.05) is 55.8 Å². The lowest BCUT2D eigenvalue weighted by molar-refractivity contribution is 0.0955. The van der Waals surface area contributed by atoms with E-state index in [1.165, 1.54) is 11.1 Å². The first-order valence-corrected chi connectivity index (χ1v) is 7.49. The predicted molar refractivity (Wildman–Crippen MR) is 91.4 cm³/mol. The molecule has 2 rings (SSSR count). The molecule has 0 aliphatic heterocycles. The predicted octanol–water partition coefficient (Wildman–Crippen LogP) is 4.27. The van der Waals surface area contributed by atoms with Gasteiger partial charge in [-0.2, -0.15) is 5.10 Å². The van der Waals surface area contributed by atoms with Gasteiger partial charge in [0.1, 0.15) is 0 Å². The van der Waals surface area contributed by atoms with E-state index in [2.05, 4.69) is 24.4 Å². The summed E-state index contributed by atoms with van der Waals surface area (Å²) in [6, 6.07) is 15.7. The zero-order valence-electron chi connectivity index (χ0n) is 13.6. The number of rotatable bonds is 4. The van der Waals surface area contributed by atoms with Gasteiger partial charge < -0.3 is 0 Å². The molecule has 0 bridgehead atoms. The Morgan fingerprint density at radius 1 is 0.955 bits per heavy atom. The van der Waals surface area contributed by atoms with Crippen LogP contribution in [0.15, 0.2) is 53.6 Å². The molecule has 3 heteroatoms. The minimum atomic E-state index is -0.193. The van der Waals surface area contributed by atoms with Crippen molar-refractivity contribution in [2.45, 2.75) is 33.6 Å². The van der Waals surface area contributed by atoms with Gasteiger partial charge in [-0.05, 0) is 43.0 Å². The third kappa shape index (κ3) is 4.04. The second kappa shape index (κ2) is 7.03. The van der Waals surface area contributed by atoms with Crippen LogP contribution in [0.25, 0.3) is 0 Å². The highest BCUT2D eigenvalue weighted by molar-refractivity contribution is 6.00. The van der Waals surface area contributed by atoms with Crippen molar-refractivity contribution in [3.05, 3.63) is 70.8 Å². The van der Waals surface area contributed by atoms with E-state index in [0.717, 1.165) is 11.3 Å². The second-order valence-electron chi connectivity index (χ2n) is 5.78. The molecule has 0 radical (unpaired) electrons. The maximum absolute atomic E-state index is 12.1. The van der Waals surface area contributed by atoms with E-state index >= 15 is 0 Å². The molecule has 0 aliphatic carbocycles. The molecule has 114 valence electrons. The lowest BCUT2D eigenvalue weighted by Gasteiger charge is -2.07. The summed E-state index contributed by atoms with van der Waals surface area (Å²) in [5, 5.41) is 4.18. The highest BCUT2D eigenvalue weighted by Gasteiger charge is 2.06. The van der Waals surface area contributed by atoms with Gasteiger partial charge in [-0.3, -0.25) is 4.79 Å². The van der Waals surface area contributed by atoms with E-state index in [9.17, 15) is 4.79 Å². The van der Waals surface area contributed by atoms with Crippen molar-refractivity contribution in [3.63, 3.8) is 0 Å². The molecule has 3 nitrogen and oxygen atoms in total. The Morgan fingerprint density at radius 3 is 2.05 bits per heavy atom. The number of hydrogen-bond donors (Lipinski definition) is 1. The zero-order chi connectivity index (χ0) is 16.1. The van der Waals surface area contributed by atoms with Gasteiger partial charge in [0.2, 0.25) is 0 Å². The number of hydrazone groups is 1. The third-order valence-corrected chi connectivity index (χ3v) is 3.63. The van der Waals surface area contributed by atoms with Crippen molar-refractivity contribution < 1.29 is 4.79 Å². The lowest BCUT2D eigenvalue weighted by Crippen LogP contribution is -2.19. The van der Waals surface area contributed by atoms with Gasteiger partial charge in [0.25, 0.3) is 5.91 Å². The Bertz CT molecular complexity index is 668. The quantitative estimate of drug-likeness (QED) is 0.664. The van der Waals surface area contributed by atoms with E-state index in [1.54, 1.807) is 0 Å². The monoisotopic (exact) mass is 294 g/mol.